The number of hydrogen-bond acceptors (Lipinski definition) is 5. The maximum absolute atomic E-state index is 12.1. The zero-order chi connectivity index (χ0) is 21.8. The van der Waals surface area contributed by atoms with Gasteiger partial charge in [-0.25, -0.2) is 14.1 Å². The van der Waals surface area contributed by atoms with Crippen LogP contribution in [0.4, 0.5) is 5.69 Å². The largest absolute Gasteiger partial charge is 0.480 e. The van der Waals surface area contributed by atoms with Gasteiger partial charge in [0.2, 0.25) is 5.91 Å². The summed E-state index contributed by atoms with van der Waals surface area (Å²) in [6, 6.07) is 10.5. The third-order valence-corrected chi connectivity index (χ3v) is 5.51. The molecule has 2 unspecified atom stereocenters. The molecule has 0 saturated carbocycles. The summed E-state index contributed by atoms with van der Waals surface area (Å²) in [5.41, 5.74) is 1.39. The number of hydrogen-bond donors (Lipinski definition) is 3. The number of benzene rings is 2. The summed E-state index contributed by atoms with van der Waals surface area (Å²) < 4.78 is 28.5. The fourth-order valence-electron chi connectivity index (χ4n) is 3.30. The van der Waals surface area contributed by atoms with Crippen LogP contribution in [0.5, 0.6) is 0 Å². The number of carboxylic acid groups (broad SMARTS) is 1. The molecule has 3 N–H and O–H groups in total. The Balaban J connectivity index is 1.94. The van der Waals surface area contributed by atoms with Crippen LogP contribution in [0.25, 0.3) is 21.9 Å². The lowest BCUT2D eigenvalue weighted by Gasteiger charge is -2.27. The Morgan fingerprint density at radius 2 is 1.83 bits per heavy atom. The molecule has 1 aromatic heterocycles. The van der Waals surface area contributed by atoms with Crippen LogP contribution < -0.4 is 4.31 Å². The Bertz CT molecular complexity index is 1100. The minimum Gasteiger partial charge on any atom is -0.480 e. The second-order valence-corrected chi connectivity index (χ2v) is 7.60. The molecule has 0 aliphatic carbocycles. The minimum absolute atomic E-state index is 0.121. The Morgan fingerprint density at radius 1 is 1.13 bits per heavy atom. The van der Waals surface area contributed by atoms with E-state index in [0.29, 0.717) is 28.0 Å². The molecular formula is C20H22N2O7S. The lowest BCUT2D eigenvalue weighted by atomic mass is 10.1. The average Bonchev–Trinajstić information content (AvgIpc) is 3.08. The molecule has 0 saturated heterocycles. The van der Waals surface area contributed by atoms with Crippen molar-refractivity contribution < 1.29 is 33.1 Å². The zero-order valence-electron chi connectivity index (χ0n) is 16.2. The van der Waals surface area contributed by atoms with E-state index in [9.17, 15) is 28.7 Å². The standard InChI is InChI=1S/C20H22N2O7S/c1-2-11-21(26)19(23)10-8-16(20(24)25)22(30(27)28)13-7-9-18-15(12-13)14-5-3-4-6-17(14)29-18/h3-7,9,12,16,26H,2,8,10-11H2,1H3,(H,24,25)(H,27,28). The Labute approximate surface area is 174 Å². The van der Waals surface area contributed by atoms with E-state index in [4.69, 9.17) is 4.42 Å². The number of carbonyl (C=O) groups is 2. The van der Waals surface area contributed by atoms with Gasteiger partial charge in [0.1, 0.15) is 17.2 Å². The maximum Gasteiger partial charge on any atom is 0.327 e. The molecule has 1 amide bonds. The van der Waals surface area contributed by atoms with Crippen LogP contribution >= 0.6 is 0 Å². The summed E-state index contributed by atoms with van der Waals surface area (Å²) in [6.45, 7) is 1.90. The first kappa shape index (κ1) is 21.8. The molecule has 3 aromatic rings. The van der Waals surface area contributed by atoms with Gasteiger partial charge in [-0.1, -0.05) is 25.1 Å². The van der Waals surface area contributed by atoms with Crippen molar-refractivity contribution in [3.05, 3.63) is 42.5 Å². The highest BCUT2D eigenvalue weighted by Crippen LogP contribution is 2.33. The van der Waals surface area contributed by atoms with E-state index in [1.165, 1.54) is 6.07 Å². The van der Waals surface area contributed by atoms with Crippen molar-refractivity contribution >= 4 is 50.8 Å². The van der Waals surface area contributed by atoms with Gasteiger partial charge in [0.05, 0.1) is 5.69 Å². The summed E-state index contributed by atoms with van der Waals surface area (Å²) in [4.78, 5) is 23.8. The number of fused-ring (bicyclic) bond motifs is 3. The van der Waals surface area contributed by atoms with Gasteiger partial charge in [0.15, 0.2) is 0 Å². The number of para-hydroxylation sites is 1. The third-order valence-electron chi connectivity index (χ3n) is 4.71. The Hall–Kier alpha value is -2.95. The number of rotatable bonds is 9. The van der Waals surface area contributed by atoms with Gasteiger partial charge in [0.25, 0.3) is 11.3 Å². The average molecular weight is 434 g/mol. The van der Waals surface area contributed by atoms with Gasteiger partial charge in [-0.15, -0.1) is 0 Å². The van der Waals surface area contributed by atoms with E-state index < -0.39 is 29.2 Å². The molecule has 1 heterocycles. The number of hydroxylamine groups is 2. The molecule has 30 heavy (non-hydrogen) atoms. The summed E-state index contributed by atoms with van der Waals surface area (Å²) in [5, 5.41) is 21.3. The van der Waals surface area contributed by atoms with Crippen LogP contribution in [0.2, 0.25) is 0 Å². The zero-order valence-corrected chi connectivity index (χ0v) is 17.0. The molecule has 3 rings (SSSR count). The number of nitrogens with zero attached hydrogens (tertiary/aromatic N) is 2. The van der Waals surface area contributed by atoms with Gasteiger partial charge in [0, 0.05) is 23.7 Å². The smallest absolute Gasteiger partial charge is 0.327 e. The molecule has 0 bridgehead atoms. The molecule has 9 nitrogen and oxygen atoms in total. The monoisotopic (exact) mass is 434 g/mol. The predicted octanol–water partition coefficient (Wildman–Crippen LogP) is 3.39. The van der Waals surface area contributed by atoms with E-state index in [-0.39, 0.29) is 25.1 Å². The highest BCUT2D eigenvalue weighted by atomic mass is 32.2. The highest BCUT2D eigenvalue weighted by molar-refractivity contribution is 7.80. The van der Waals surface area contributed by atoms with E-state index in [1.807, 2.05) is 18.2 Å². The lowest BCUT2D eigenvalue weighted by molar-refractivity contribution is -0.165. The first-order valence-corrected chi connectivity index (χ1v) is 10.4. The van der Waals surface area contributed by atoms with Crippen LogP contribution in [-0.2, 0) is 20.9 Å². The fourth-order valence-corrected chi connectivity index (χ4v) is 4.00. The third kappa shape index (κ3) is 4.45. The minimum atomic E-state index is -2.66. The maximum atomic E-state index is 12.1. The van der Waals surface area contributed by atoms with Crippen LogP contribution in [-0.4, -0.2) is 48.6 Å². The number of carboxylic acids is 1. The summed E-state index contributed by atoms with van der Waals surface area (Å²) in [7, 11) is 0. The van der Waals surface area contributed by atoms with Gasteiger partial charge in [-0.2, -0.15) is 0 Å². The Kier molecular flexibility index (Phi) is 6.70. The SMILES string of the molecule is CCCN(O)C(=O)CCC(C(=O)O)N(c1ccc2oc3ccccc3c2c1)S(=O)O. The molecule has 0 spiro atoms. The van der Waals surface area contributed by atoms with Crippen LogP contribution in [0.1, 0.15) is 26.2 Å². The van der Waals surface area contributed by atoms with Crippen molar-refractivity contribution in [3.8, 4) is 0 Å². The molecule has 0 aliphatic heterocycles. The molecule has 2 aromatic carbocycles. The van der Waals surface area contributed by atoms with Crippen molar-refractivity contribution in [1.29, 1.82) is 0 Å². The van der Waals surface area contributed by atoms with Gasteiger partial charge in [-0.05, 0) is 37.1 Å². The molecule has 2 atom stereocenters. The van der Waals surface area contributed by atoms with E-state index >= 15 is 0 Å². The molecule has 0 aliphatic rings. The van der Waals surface area contributed by atoms with Crippen molar-refractivity contribution in [3.63, 3.8) is 0 Å². The molecular weight excluding hydrogens is 412 g/mol. The normalized spacial score (nSPS) is 13.3. The second-order valence-electron chi connectivity index (χ2n) is 6.74. The first-order chi connectivity index (χ1) is 14.3. The van der Waals surface area contributed by atoms with Gasteiger partial charge in [-0.3, -0.25) is 18.9 Å². The van der Waals surface area contributed by atoms with Gasteiger partial charge >= 0.3 is 5.97 Å². The van der Waals surface area contributed by atoms with Crippen LogP contribution in [0.3, 0.4) is 0 Å². The van der Waals surface area contributed by atoms with Crippen LogP contribution in [0.15, 0.2) is 46.9 Å². The van der Waals surface area contributed by atoms with Crippen molar-refractivity contribution in [1.82, 2.24) is 5.06 Å². The molecule has 0 fully saturated rings. The summed E-state index contributed by atoms with van der Waals surface area (Å²) >= 11 is -2.66. The number of amides is 1. The first-order valence-electron chi connectivity index (χ1n) is 9.37. The summed E-state index contributed by atoms with van der Waals surface area (Å²) in [6.07, 6.45) is -0.0144. The second kappa shape index (κ2) is 9.24. The van der Waals surface area contributed by atoms with E-state index in [0.717, 1.165) is 9.69 Å². The molecule has 160 valence electrons. The fraction of sp³-hybridized carbons (Fsp3) is 0.300. The number of carbonyl (C=O) groups excluding carboxylic acids is 1. The quantitative estimate of drug-likeness (QED) is 0.267. The van der Waals surface area contributed by atoms with Crippen molar-refractivity contribution in [2.45, 2.75) is 32.2 Å². The molecule has 0 radical (unpaired) electrons. The predicted molar refractivity (Wildman–Crippen MR) is 111 cm³/mol. The topological polar surface area (TPSA) is 132 Å². The number of furan rings is 1. The Morgan fingerprint density at radius 3 is 2.50 bits per heavy atom. The number of anilines is 1. The van der Waals surface area contributed by atoms with Crippen molar-refractivity contribution in [2.75, 3.05) is 10.8 Å². The highest BCUT2D eigenvalue weighted by Gasteiger charge is 2.31. The molecule has 10 heteroatoms. The van der Waals surface area contributed by atoms with Crippen LogP contribution in [0, 0.1) is 0 Å². The van der Waals surface area contributed by atoms with Gasteiger partial charge < -0.3 is 9.52 Å². The summed E-state index contributed by atoms with van der Waals surface area (Å²) in [5.74, 6) is -2.01. The van der Waals surface area contributed by atoms with Crippen molar-refractivity contribution in [2.24, 2.45) is 0 Å². The van der Waals surface area contributed by atoms with E-state index in [2.05, 4.69) is 0 Å². The lowest BCUT2D eigenvalue weighted by Crippen LogP contribution is -2.43. The number of aliphatic carboxylic acids is 1. The van der Waals surface area contributed by atoms with E-state index in [1.54, 1.807) is 25.1 Å².